The quantitative estimate of drug-likeness (QED) is 0.392. The number of nitrogens with two attached hydrogens (primary N) is 1. The van der Waals surface area contributed by atoms with E-state index in [1.165, 1.54) is 0 Å². The fourth-order valence-corrected chi connectivity index (χ4v) is 2.28. The van der Waals surface area contributed by atoms with E-state index in [2.05, 4.69) is 43.2 Å². The maximum Gasteiger partial charge on any atom is 0.193 e. The van der Waals surface area contributed by atoms with E-state index in [4.69, 9.17) is 10.5 Å². The lowest BCUT2D eigenvalue weighted by Crippen LogP contribution is -2.32. The third-order valence-electron chi connectivity index (χ3n) is 2.92. The molecular weight excluding hydrogens is 403 g/mol. The molecule has 0 saturated carbocycles. The average Bonchev–Trinajstić information content (AvgIpc) is 2.37. The van der Waals surface area contributed by atoms with E-state index in [0.29, 0.717) is 12.5 Å². The summed E-state index contributed by atoms with van der Waals surface area (Å²) < 4.78 is 5.61. The summed E-state index contributed by atoms with van der Waals surface area (Å²) in [4.78, 5) is 6.60. The van der Waals surface area contributed by atoms with Crippen LogP contribution in [0.4, 0.5) is 5.69 Å². The molecule has 1 aromatic rings. The third-order valence-corrected chi connectivity index (χ3v) is 2.92. The summed E-state index contributed by atoms with van der Waals surface area (Å²) in [6, 6.07) is 7.72. The summed E-state index contributed by atoms with van der Waals surface area (Å²) >= 11 is 0. The molecular formula is C17H31IN4O. The Morgan fingerprint density at radius 2 is 1.83 bits per heavy atom. The Kier molecular flexibility index (Phi) is 9.53. The molecule has 0 unspecified atom stereocenters. The molecule has 0 atom stereocenters. The number of hydrogen-bond acceptors (Lipinski definition) is 3. The van der Waals surface area contributed by atoms with Crippen molar-refractivity contribution in [3.05, 3.63) is 24.3 Å². The Hall–Kier alpha value is -1.02. The van der Waals surface area contributed by atoms with E-state index in [9.17, 15) is 0 Å². The smallest absolute Gasteiger partial charge is 0.193 e. The van der Waals surface area contributed by atoms with Crippen LogP contribution in [-0.2, 0) is 0 Å². The van der Waals surface area contributed by atoms with Gasteiger partial charge in [-0.15, -0.1) is 24.0 Å². The minimum absolute atomic E-state index is 0. The van der Waals surface area contributed by atoms with Crippen LogP contribution in [0.5, 0.6) is 5.75 Å². The van der Waals surface area contributed by atoms with Gasteiger partial charge in [0.1, 0.15) is 5.75 Å². The minimum Gasteiger partial charge on any atom is -0.491 e. The molecule has 0 bridgehead atoms. The molecule has 23 heavy (non-hydrogen) atoms. The molecule has 0 fully saturated rings. The molecule has 0 heterocycles. The van der Waals surface area contributed by atoms with Crippen molar-refractivity contribution in [2.45, 2.75) is 33.8 Å². The van der Waals surface area contributed by atoms with Crippen molar-refractivity contribution in [1.29, 1.82) is 0 Å². The predicted octanol–water partition coefficient (Wildman–Crippen LogP) is 3.41. The maximum atomic E-state index is 5.96. The lowest BCUT2D eigenvalue weighted by molar-refractivity contribution is 0.242. The average molecular weight is 434 g/mol. The molecule has 0 aliphatic heterocycles. The van der Waals surface area contributed by atoms with Gasteiger partial charge in [-0.05, 0) is 57.6 Å². The first-order valence-electron chi connectivity index (χ1n) is 7.66. The number of nitrogens with zero attached hydrogens (tertiary/aromatic N) is 2. The highest BCUT2D eigenvalue weighted by molar-refractivity contribution is 14.0. The topological polar surface area (TPSA) is 62.9 Å². The summed E-state index contributed by atoms with van der Waals surface area (Å²) in [5.41, 5.74) is 6.95. The highest BCUT2D eigenvalue weighted by Crippen LogP contribution is 2.18. The Bertz CT molecular complexity index is 484. The number of anilines is 1. The highest BCUT2D eigenvalue weighted by atomic mass is 127. The first-order chi connectivity index (χ1) is 10.2. The molecule has 6 heteroatoms. The third kappa shape index (κ3) is 9.65. The Morgan fingerprint density at radius 1 is 1.26 bits per heavy atom. The van der Waals surface area contributed by atoms with Gasteiger partial charge in [-0.1, -0.05) is 13.8 Å². The molecule has 0 spiro atoms. The normalized spacial score (nSPS) is 12.3. The van der Waals surface area contributed by atoms with E-state index in [0.717, 1.165) is 18.0 Å². The summed E-state index contributed by atoms with van der Waals surface area (Å²) in [5, 5.41) is 3.11. The second-order valence-corrected chi connectivity index (χ2v) is 6.92. The standard InChI is InChI=1S/C17H30N4O.HI/c1-13(2)22-15-9-7-14(8-10-15)20-16(18)19-11-17(3,4)12-21(5)6;/h7-10,13H,11-12H2,1-6H3,(H3,18,19,20);1H. The number of benzene rings is 1. The van der Waals surface area contributed by atoms with Crippen molar-refractivity contribution in [2.75, 3.05) is 32.5 Å². The van der Waals surface area contributed by atoms with Crippen molar-refractivity contribution in [2.24, 2.45) is 16.1 Å². The molecule has 0 aliphatic rings. The lowest BCUT2D eigenvalue weighted by Gasteiger charge is -2.26. The number of hydrogen-bond donors (Lipinski definition) is 2. The summed E-state index contributed by atoms with van der Waals surface area (Å²) in [7, 11) is 4.13. The fourth-order valence-electron chi connectivity index (χ4n) is 2.28. The Morgan fingerprint density at radius 3 is 2.30 bits per heavy atom. The predicted molar refractivity (Wildman–Crippen MR) is 110 cm³/mol. The van der Waals surface area contributed by atoms with E-state index in [1.807, 2.05) is 38.1 Å². The summed E-state index contributed by atoms with van der Waals surface area (Å²) in [6.45, 7) is 10.0. The van der Waals surface area contributed by atoms with Crippen molar-refractivity contribution in [3.63, 3.8) is 0 Å². The van der Waals surface area contributed by atoms with Gasteiger partial charge in [0.05, 0.1) is 6.10 Å². The molecule has 132 valence electrons. The SMILES string of the molecule is CC(C)Oc1ccc(NC(N)=NCC(C)(C)CN(C)C)cc1.I. The van der Waals surface area contributed by atoms with Crippen LogP contribution in [0.2, 0.25) is 0 Å². The molecule has 0 radical (unpaired) electrons. The molecule has 0 amide bonds. The van der Waals surface area contributed by atoms with Gasteiger partial charge in [0.2, 0.25) is 0 Å². The molecule has 0 saturated heterocycles. The number of halogens is 1. The van der Waals surface area contributed by atoms with Crippen molar-refractivity contribution >= 4 is 35.6 Å². The lowest BCUT2D eigenvalue weighted by atomic mass is 9.93. The summed E-state index contributed by atoms with van der Waals surface area (Å²) in [6.07, 6.45) is 0.171. The maximum absolute atomic E-state index is 5.96. The first kappa shape index (κ1) is 22.0. The molecule has 0 aliphatic carbocycles. The van der Waals surface area contributed by atoms with Crippen molar-refractivity contribution in [3.8, 4) is 5.75 Å². The van der Waals surface area contributed by atoms with Gasteiger partial charge in [0, 0.05) is 18.8 Å². The van der Waals surface area contributed by atoms with Crippen LogP contribution >= 0.6 is 24.0 Å². The number of nitrogens with one attached hydrogen (secondary N) is 1. The largest absolute Gasteiger partial charge is 0.491 e. The Labute approximate surface area is 157 Å². The van der Waals surface area contributed by atoms with Crippen LogP contribution in [0.3, 0.4) is 0 Å². The number of guanidine groups is 1. The van der Waals surface area contributed by atoms with E-state index in [1.54, 1.807) is 0 Å². The zero-order valence-electron chi connectivity index (χ0n) is 15.1. The molecule has 1 aromatic carbocycles. The van der Waals surface area contributed by atoms with E-state index >= 15 is 0 Å². The first-order valence-corrected chi connectivity index (χ1v) is 7.66. The van der Waals surface area contributed by atoms with E-state index < -0.39 is 0 Å². The van der Waals surface area contributed by atoms with Crippen LogP contribution in [0.15, 0.2) is 29.3 Å². The van der Waals surface area contributed by atoms with E-state index in [-0.39, 0.29) is 35.5 Å². The van der Waals surface area contributed by atoms with Crippen LogP contribution in [0.1, 0.15) is 27.7 Å². The molecule has 5 nitrogen and oxygen atoms in total. The summed E-state index contributed by atoms with van der Waals surface area (Å²) in [5.74, 6) is 1.28. The second-order valence-electron chi connectivity index (χ2n) is 6.92. The van der Waals surface area contributed by atoms with Gasteiger partial charge in [-0.25, -0.2) is 0 Å². The van der Waals surface area contributed by atoms with Gasteiger partial charge in [0.15, 0.2) is 5.96 Å². The number of rotatable bonds is 7. The molecule has 3 N–H and O–H groups in total. The van der Waals surface area contributed by atoms with Crippen LogP contribution < -0.4 is 15.8 Å². The van der Waals surface area contributed by atoms with Crippen LogP contribution in [0, 0.1) is 5.41 Å². The van der Waals surface area contributed by atoms with Crippen molar-refractivity contribution < 1.29 is 4.74 Å². The van der Waals surface area contributed by atoms with Gasteiger partial charge >= 0.3 is 0 Å². The van der Waals surface area contributed by atoms with Gasteiger partial charge in [-0.2, -0.15) is 0 Å². The Balaban J connectivity index is 0.00000484. The highest BCUT2D eigenvalue weighted by Gasteiger charge is 2.18. The molecule has 0 aromatic heterocycles. The zero-order chi connectivity index (χ0) is 16.8. The van der Waals surface area contributed by atoms with Gasteiger partial charge in [0.25, 0.3) is 0 Å². The van der Waals surface area contributed by atoms with Gasteiger partial charge in [-0.3, -0.25) is 4.99 Å². The monoisotopic (exact) mass is 434 g/mol. The number of ether oxygens (including phenoxy) is 1. The molecule has 1 rings (SSSR count). The van der Waals surface area contributed by atoms with Crippen molar-refractivity contribution in [1.82, 2.24) is 4.90 Å². The second kappa shape index (κ2) is 9.97. The fraction of sp³-hybridized carbons (Fsp3) is 0.588. The van der Waals surface area contributed by atoms with Crippen LogP contribution in [-0.4, -0.2) is 44.1 Å². The number of aliphatic imine (C=N–C) groups is 1. The van der Waals surface area contributed by atoms with Crippen LogP contribution in [0.25, 0.3) is 0 Å². The van der Waals surface area contributed by atoms with Gasteiger partial charge < -0.3 is 20.7 Å². The zero-order valence-corrected chi connectivity index (χ0v) is 17.4. The minimum atomic E-state index is 0.